The Morgan fingerprint density at radius 3 is 2.38 bits per heavy atom. The minimum atomic E-state index is -3.68. The lowest BCUT2D eigenvalue weighted by molar-refractivity contribution is 0.601. The average molecular weight is 474 g/mol. The van der Waals surface area contributed by atoms with Crippen LogP contribution in [0.25, 0.3) is 0 Å². The van der Waals surface area contributed by atoms with E-state index in [1.165, 1.54) is 12.8 Å². The second kappa shape index (κ2) is 8.38. The molecule has 29 heavy (non-hydrogen) atoms. The molecule has 0 amide bonds. The molecule has 1 aliphatic heterocycles. The number of anilines is 4. The molecule has 4 rings (SSSR count). The lowest BCUT2D eigenvalue weighted by Gasteiger charge is -2.17. The lowest BCUT2D eigenvalue weighted by Crippen LogP contribution is -2.18. The highest BCUT2D eigenvalue weighted by atomic mass is 79.9. The molecule has 1 aliphatic rings. The molecule has 150 valence electrons. The molecule has 9 heteroatoms. The molecule has 2 heterocycles. The second-order valence-corrected chi connectivity index (χ2v) is 9.24. The van der Waals surface area contributed by atoms with E-state index in [2.05, 4.69) is 41.1 Å². The van der Waals surface area contributed by atoms with Crippen LogP contribution in [0.4, 0.5) is 22.9 Å². The van der Waals surface area contributed by atoms with E-state index in [1.54, 1.807) is 54.7 Å². The van der Waals surface area contributed by atoms with Gasteiger partial charge in [0.1, 0.15) is 4.90 Å². The van der Waals surface area contributed by atoms with Gasteiger partial charge in [-0.05, 0) is 65.2 Å². The molecule has 0 radical (unpaired) electrons. The van der Waals surface area contributed by atoms with Crippen LogP contribution in [0.5, 0.6) is 0 Å². The topological polar surface area (TPSA) is 87.2 Å². The van der Waals surface area contributed by atoms with Gasteiger partial charge in [0, 0.05) is 35.0 Å². The number of benzene rings is 2. The minimum absolute atomic E-state index is 0.191. The van der Waals surface area contributed by atoms with Gasteiger partial charge in [-0.25, -0.2) is 8.42 Å². The van der Waals surface area contributed by atoms with E-state index in [0.717, 1.165) is 24.5 Å². The van der Waals surface area contributed by atoms with Gasteiger partial charge < -0.3 is 10.2 Å². The summed E-state index contributed by atoms with van der Waals surface area (Å²) in [6.07, 6.45) is 4.17. The van der Waals surface area contributed by atoms with Crippen LogP contribution < -0.4 is 14.9 Å². The molecule has 2 N–H and O–H groups in total. The number of sulfonamides is 1. The van der Waals surface area contributed by atoms with Crippen molar-refractivity contribution in [2.75, 3.05) is 28.0 Å². The summed E-state index contributed by atoms with van der Waals surface area (Å²) in [4.78, 5) is 2.48. The quantitative estimate of drug-likeness (QED) is 0.552. The third-order valence-corrected chi connectivity index (χ3v) is 7.04. The summed E-state index contributed by atoms with van der Waals surface area (Å²) in [7, 11) is -3.68. The van der Waals surface area contributed by atoms with Crippen molar-refractivity contribution in [3.63, 3.8) is 0 Å². The molecule has 1 aromatic heterocycles. The molecule has 0 atom stereocenters. The van der Waals surface area contributed by atoms with Crippen molar-refractivity contribution in [2.45, 2.75) is 17.7 Å². The average Bonchev–Trinajstić information content (AvgIpc) is 3.25. The van der Waals surface area contributed by atoms with Crippen LogP contribution in [-0.4, -0.2) is 31.7 Å². The molecule has 0 saturated carbocycles. The summed E-state index contributed by atoms with van der Waals surface area (Å²) in [5.41, 5.74) is 2.32. The number of nitrogens with one attached hydrogen (secondary N) is 2. The van der Waals surface area contributed by atoms with Crippen molar-refractivity contribution in [2.24, 2.45) is 0 Å². The van der Waals surface area contributed by atoms with E-state index >= 15 is 0 Å². The fourth-order valence-corrected chi connectivity index (χ4v) is 5.27. The summed E-state index contributed by atoms with van der Waals surface area (Å²) in [5.74, 6) is 0.649. The summed E-state index contributed by atoms with van der Waals surface area (Å²) in [6.45, 7) is 2.08. The van der Waals surface area contributed by atoms with Crippen LogP contribution in [0.2, 0.25) is 0 Å². The number of rotatable bonds is 6. The predicted octanol–water partition coefficient (Wildman–Crippen LogP) is 4.38. The highest BCUT2D eigenvalue weighted by molar-refractivity contribution is 9.10. The van der Waals surface area contributed by atoms with Gasteiger partial charge in [0.2, 0.25) is 0 Å². The number of nitrogens with zero attached hydrogens (tertiary/aromatic N) is 3. The Morgan fingerprint density at radius 2 is 1.66 bits per heavy atom. The first-order chi connectivity index (χ1) is 14.0. The Labute approximate surface area is 178 Å². The summed E-state index contributed by atoms with van der Waals surface area (Å²) >= 11 is 3.28. The van der Waals surface area contributed by atoms with Crippen molar-refractivity contribution in [1.82, 2.24) is 10.2 Å². The minimum Gasteiger partial charge on any atom is -0.370 e. The first-order valence-electron chi connectivity index (χ1n) is 9.23. The van der Waals surface area contributed by atoms with E-state index in [1.807, 2.05) is 6.07 Å². The molecule has 0 bridgehead atoms. The van der Waals surface area contributed by atoms with Gasteiger partial charge in [-0.2, -0.15) is 5.10 Å². The van der Waals surface area contributed by atoms with Crippen molar-refractivity contribution in [3.05, 3.63) is 65.3 Å². The van der Waals surface area contributed by atoms with Gasteiger partial charge in [-0.3, -0.25) is 4.72 Å². The van der Waals surface area contributed by atoms with Crippen LogP contribution in [0, 0.1) is 0 Å². The maximum atomic E-state index is 12.6. The molecule has 0 spiro atoms. The number of hydrogen-bond donors (Lipinski definition) is 2. The van der Waals surface area contributed by atoms with E-state index < -0.39 is 10.0 Å². The maximum Gasteiger partial charge on any atom is 0.263 e. The zero-order chi connectivity index (χ0) is 20.3. The van der Waals surface area contributed by atoms with Crippen molar-refractivity contribution in [3.8, 4) is 0 Å². The Balaban J connectivity index is 1.46. The Morgan fingerprint density at radius 1 is 0.966 bits per heavy atom. The first-order valence-corrected chi connectivity index (χ1v) is 11.5. The monoisotopic (exact) mass is 473 g/mol. The third-order valence-electron chi connectivity index (χ3n) is 4.65. The van der Waals surface area contributed by atoms with Crippen molar-refractivity contribution in [1.29, 1.82) is 0 Å². The zero-order valence-electron chi connectivity index (χ0n) is 15.5. The molecule has 3 aromatic rings. The smallest absolute Gasteiger partial charge is 0.263 e. The van der Waals surface area contributed by atoms with Gasteiger partial charge in [0.15, 0.2) is 5.82 Å². The highest BCUT2D eigenvalue weighted by Gasteiger charge is 2.17. The molecular weight excluding hydrogens is 454 g/mol. The molecule has 2 aromatic carbocycles. The first kappa shape index (κ1) is 19.7. The molecule has 1 fully saturated rings. The lowest BCUT2D eigenvalue weighted by atomic mass is 10.3. The standard InChI is InChI=1S/C20H20BrN5O2S/c21-18-5-1-2-6-19(18)29(27,28)25-16-9-7-15(8-10-16)23-20-13-17(14-22-24-20)26-11-3-4-12-26/h1-2,5-10,13-14,25H,3-4,11-12H2,(H,23,24). The molecule has 1 saturated heterocycles. The normalized spacial score (nSPS) is 14.0. The Kier molecular flexibility index (Phi) is 5.68. The number of hydrogen-bond acceptors (Lipinski definition) is 6. The van der Waals surface area contributed by atoms with E-state index in [0.29, 0.717) is 16.0 Å². The Hall–Kier alpha value is -2.65. The molecular formula is C20H20BrN5O2S. The van der Waals surface area contributed by atoms with Gasteiger partial charge in [0.25, 0.3) is 10.0 Å². The largest absolute Gasteiger partial charge is 0.370 e. The number of halogens is 1. The second-order valence-electron chi connectivity index (χ2n) is 6.73. The summed E-state index contributed by atoms with van der Waals surface area (Å²) in [5, 5.41) is 11.4. The van der Waals surface area contributed by atoms with Gasteiger partial charge in [0.05, 0.1) is 11.9 Å². The van der Waals surface area contributed by atoms with Crippen LogP contribution in [-0.2, 0) is 10.0 Å². The van der Waals surface area contributed by atoms with E-state index in [4.69, 9.17) is 0 Å². The van der Waals surface area contributed by atoms with Gasteiger partial charge >= 0.3 is 0 Å². The molecule has 0 aliphatic carbocycles. The van der Waals surface area contributed by atoms with Crippen molar-refractivity contribution >= 4 is 48.8 Å². The number of aromatic nitrogens is 2. The van der Waals surface area contributed by atoms with Crippen LogP contribution in [0.15, 0.2) is 70.2 Å². The van der Waals surface area contributed by atoms with Crippen LogP contribution in [0.3, 0.4) is 0 Å². The van der Waals surface area contributed by atoms with Crippen LogP contribution >= 0.6 is 15.9 Å². The fraction of sp³-hybridized carbons (Fsp3) is 0.200. The van der Waals surface area contributed by atoms with Crippen molar-refractivity contribution < 1.29 is 8.42 Å². The highest BCUT2D eigenvalue weighted by Crippen LogP contribution is 2.26. The third kappa shape index (κ3) is 4.68. The SMILES string of the molecule is O=S(=O)(Nc1ccc(Nc2cc(N3CCCC3)cnn2)cc1)c1ccccc1Br. The Bertz CT molecular complexity index is 1100. The predicted molar refractivity (Wildman–Crippen MR) is 118 cm³/mol. The van der Waals surface area contributed by atoms with E-state index in [9.17, 15) is 8.42 Å². The van der Waals surface area contributed by atoms with E-state index in [-0.39, 0.29) is 4.90 Å². The summed E-state index contributed by atoms with van der Waals surface area (Å²) in [6, 6.07) is 15.7. The maximum absolute atomic E-state index is 12.6. The van der Waals surface area contributed by atoms with Gasteiger partial charge in [-0.1, -0.05) is 12.1 Å². The van der Waals surface area contributed by atoms with Crippen LogP contribution in [0.1, 0.15) is 12.8 Å². The zero-order valence-corrected chi connectivity index (χ0v) is 17.9. The van der Waals surface area contributed by atoms with Gasteiger partial charge in [-0.15, -0.1) is 5.10 Å². The fourth-order valence-electron chi connectivity index (χ4n) is 3.21. The molecule has 0 unspecified atom stereocenters. The summed E-state index contributed by atoms with van der Waals surface area (Å²) < 4.78 is 28.3. The molecule has 7 nitrogen and oxygen atoms in total.